The molecule has 0 spiro atoms. The third-order valence-electron chi connectivity index (χ3n) is 15.1. The minimum atomic E-state index is -0.846. The van der Waals surface area contributed by atoms with Gasteiger partial charge in [0.1, 0.15) is 0 Å². The van der Waals surface area contributed by atoms with Crippen LogP contribution in [0.1, 0.15) is 354 Å². The molecule has 0 aliphatic heterocycles. The second kappa shape index (κ2) is 62.6. The third kappa shape index (κ3) is 59.2. The maximum Gasteiger partial charge on any atom is 0.305 e. The molecular formula is C67H127NO5. The zero-order chi connectivity index (χ0) is 52.9. The number of ether oxygens (including phenoxy) is 1. The van der Waals surface area contributed by atoms with Crippen LogP contribution in [-0.2, 0) is 14.3 Å². The molecule has 0 bridgehead atoms. The summed E-state index contributed by atoms with van der Waals surface area (Å²) in [4.78, 5) is 24.5. The van der Waals surface area contributed by atoms with E-state index in [0.717, 1.165) is 44.9 Å². The molecule has 6 heteroatoms. The van der Waals surface area contributed by atoms with Gasteiger partial charge in [0.05, 0.1) is 25.4 Å². The van der Waals surface area contributed by atoms with Gasteiger partial charge in [0.2, 0.25) is 5.91 Å². The Kier molecular flexibility index (Phi) is 61.0. The van der Waals surface area contributed by atoms with Gasteiger partial charge in [-0.2, -0.15) is 0 Å². The van der Waals surface area contributed by atoms with Gasteiger partial charge in [0, 0.05) is 12.8 Å². The van der Waals surface area contributed by atoms with E-state index in [-0.39, 0.29) is 18.5 Å². The van der Waals surface area contributed by atoms with Crippen molar-refractivity contribution in [3.63, 3.8) is 0 Å². The summed E-state index contributed by atoms with van der Waals surface area (Å²) in [5, 5.41) is 23.2. The largest absolute Gasteiger partial charge is 0.466 e. The van der Waals surface area contributed by atoms with Crippen molar-refractivity contribution >= 4 is 11.9 Å². The Morgan fingerprint density at radius 2 is 0.644 bits per heavy atom. The Bertz CT molecular complexity index is 1180. The molecule has 0 radical (unpaired) electrons. The van der Waals surface area contributed by atoms with Gasteiger partial charge in [-0.1, -0.05) is 294 Å². The first kappa shape index (κ1) is 71.1. The molecule has 0 fully saturated rings. The first-order chi connectivity index (χ1) is 36.0. The number of amides is 1. The Hall–Kier alpha value is -1.92. The zero-order valence-corrected chi connectivity index (χ0v) is 49.1. The van der Waals surface area contributed by atoms with Crippen molar-refractivity contribution in [2.24, 2.45) is 0 Å². The second-order valence-corrected chi connectivity index (χ2v) is 22.4. The molecule has 0 rings (SSSR count). The summed E-state index contributed by atoms with van der Waals surface area (Å²) < 4.78 is 5.47. The minimum Gasteiger partial charge on any atom is -0.466 e. The normalized spacial score (nSPS) is 12.8. The highest BCUT2D eigenvalue weighted by Crippen LogP contribution is 2.17. The van der Waals surface area contributed by atoms with Crippen molar-refractivity contribution in [2.45, 2.75) is 366 Å². The molecule has 0 saturated carbocycles. The van der Waals surface area contributed by atoms with E-state index in [1.54, 1.807) is 6.08 Å². The smallest absolute Gasteiger partial charge is 0.305 e. The molecule has 0 aromatic carbocycles. The van der Waals surface area contributed by atoms with Crippen LogP contribution in [0.25, 0.3) is 0 Å². The molecule has 1 amide bonds. The van der Waals surface area contributed by atoms with E-state index in [1.165, 1.54) is 283 Å². The van der Waals surface area contributed by atoms with Gasteiger partial charge >= 0.3 is 5.97 Å². The molecule has 0 aromatic rings. The first-order valence-electron chi connectivity index (χ1n) is 32.8. The highest BCUT2D eigenvalue weighted by atomic mass is 16.5. The lowest BCUT2D eigenvalue weighted by molar-refractivity contribution is -0.143. The van der Waals surface area contributed by atoms with Crippen molar-refractivity contribution in [1.82, 2.24) is 5.32 Å². The quantitative estimate of drug-likeness (QED) is 0.0320. The number of aliphatic hydroxyl groups excluding tert-OH is 2. The van der Waals surface area contributed by atoms with Crippen LogP contribution in [0, 0.1) is 0 Å². The molecule has 0 saturated heterocycles. The Morgan fingerprint density at radius 3 is 0.986 bits per heavy atom. The molecule has 0 aliphatic carbocycles. The summed E-state index contributed by atoms with van der Waals surface area (Å²) in [6.07, 6.45) is 79.1. The van der Waals surface area contributed by atoms with E-state index < -0.39 is 12.1 Å². The second-order valence-electron chi connectivity index (χ2n) is 22.4. The van der Waals surface area contributed by atoms with E-state index in [4.69, 9.17) is 4.74 Å². The summed E-state index contributed by atoms with van der Waals surface area (Å²) in [5.41, 5.74) is 0. The molecule has 430 valence electrons. The molecular weight excluding hydrogens is 899 g/mol. The van der Waals surface area contributed by atoms with E-state index in [1.807, 2.05) is 6.08 Å². The standard InChI is InChI=1S/C67H127NO5/c1-3-5-7-9-11-13-15-17-18-29-32-36-39-43-47-51-55-59-65(70)64(63-69)68-66(71)60-56-52-48-44-40-37-33-30-27-25-23-21-19-20-22-24-26-28-31-34-38-42-46-50-54-58-62-73-67(72)61-57-53-49-45-41-35-16-14-12-10-8-6-4-2/h14,16,19,21,55,59,64-65,69-70H,3-13,15,17-18,20,22-54,56-58,60-63H2,1-2H3,(H,68,71)/b16-14-,21-19-,59-55+. The monoisotopic (exact) mass is 1030 g/mol. The molecule has 6 nitrogen and oxygen atoms in total. The number of rotatable bonds is 61. The summed E-state index contributed by atoms with van der Waals surface area (Å²) in [6, 6.07) is -0.630. The Labute approximate surface area is 455 Å². The molecule has 0 heterocycles. The van der Waals surface area contributed by atoms with Crippen molar-refractivity contribution < 1.29 is 24.5 Å². The number of nitrogens with one attached hydrogen (secondary N) is 1. The highest BCUT2D eigenvalue weighted by Gasteiger charge is 2.18. The van der Waals surface area contributed by atoms with Crippen molar-refractivity contribution in [1.29, 1.82) is 0 Å². The summed E-state index contributed by atoms with van der Waals surface area (Å²) >= 11 is 0. The minimum absolute atomic E-state index is 0.00474. The highest BCUT2D eigenvalue weighted by molar-refractivity contribution is 5.76. The van der Waals surface area contributed by atoms with E-state index in [9.17, 15) is 19.8 Å². The number of carbonyl (C=O) groups is 2. The molecule has 73 heavy (non-hydrogen) atoms. The topological polar surface area (TPSA) is 95.9 Å². The molecule has 0 aliphatic rings. The fraction of sp³-hybridized carbons (Fsp3) is 0.881. The summed E-state index contributed by atoms with van der Waals surface area (Å²) in [7, 11) is 0. The van der Waals surface area contributed by atoms with Crippen molar-refractivity contribution in [2.75, 3.05) is 13.2 Å². The predicted octanol–water partition coefficient (Wildman–Crippen LogP) is 20.8. The number of hydrogen-bond donors (Lipinski definition) is 3. The number of allylic oxidation sites excluding steroid dienone is 5. The van der Waals surface area contributed by atoms with Crippen LogP contribution < -0.4 is 5.32 Å². The van der Waals surface area contributed by atoms with Gasteiger partial charge in [-0.15, -0.1) is 0 Å². The predicted molar refractivity (Wildman–Crippen MR) is 319 cm³/mol. The van der Waals surface area contributed by atoms with Crippen LogP contribution in [0.15, 0.2) is 36.5 Å². The molecule has 2 unspecified atom stereocenters. The lowest BCUT2D eigenvalue weighted by Crippen LogP contribution is -2.45. The summed E-state index contributed by atoms with van der Waals surface area (Å²) in [6.45, 7) is 4.91. The van der Waals surface area contributed by atoms with Crippen molar-refractivity contribution in [3.8, 4) is 0 Å². The molecule has 0 aromatic heterocycles. The first-order valence-corrected chi connectivity index (χ1v) is 32.8. The number of aliphatic hydroxyl groups is 2. The fourth-order valence-electron chi connectivity index (χ4n) is 10.1. The van der Waals surface area contributed by atoms with Crippen molar-refractivity contribution in [3.05, 3.63) is 36.5 Å². The van der Waals surface area contributed by atoms with Crippen LogP contribution in [0.2, 0.25) is 0 Å². The van der Waals surface area contributed by atoms with Crippen LogP contribution >= 0.6 is 0 Å². The maximum absolute atomic E-state index is 12.5. The number of hydrogen-bond acceptors (Lipinski definition) is 5. The van der Waals surface area contributed by atoms with Crippen LogP contribution in [-0.4, -0.2) is 47.4 Å². The molecule has 2 atom stereocenters. The lowest BCUT2D eigenvalue weighted by Gasteiger charge is -2.20. The van der Waals surface area contributed by atoms with Crippen LogP contribution in [0.4, 0.5) is 0 Å². The SMILES string of the molecule is CCCCCC/C=C\CCCCCCCC(=O)OCCCCCCCCCCCCCC/C=C\CCCCCCCCCCCCC(=O)NC(CO)C(O)/C=C/CCCCCCCCCCCCCCCCC. The van der Waals surface area contributed by atoms with E-state index >= 15 is 0 Å². The lowest BCUT2D eigenvalue weighted by atomic mass is 10.0. The summed E-state index contributed by atoms with van der Waals surface area (Å²) in [5.74, 6) is -0.0630. The van der Waals surface area contributed by atoms with Crippen LogP contribution in [0.5, 0.6) is 0 Å². The van der Waals surface area contributed by atoms with Gasteiger partial charge < -0.3 is 20.3 Å². The fourth-order valence-corrected chi connectivity index (χ4v) is 10.1. The van der Waals surface area contributed by atoms with Crippen LogP contribution in [0.3, 0.4) is 0 Å². The van der Waals surface area contributed by atoms with E-state index in [2.05, 4.69) is 43.5 Å². The average Bonchev–Trinajstić information content (AvgIpc) is 3.39. The maximum atomic E-state index is 12.5. The number of carbonyl (C=O) groups excluding carboxylic acids is 2. The van der Waals surface area contributed by atoms with E-state index in [0.29, 0.717) is 19.4 Å². The average molecular weight is 1030 g/mol. The number of unbranched alkanes of at least 4 members (excludes halogenated alkanes) is 46. The Morgan fingerprint density at radius 1 is 0.370 bits per heavy atom. The molecule has 3 N–H and O–H groups in total. The Balaban J connectivity index is 3.42. The van der Waals surface area contributed by atoms with Gasteiger partial charge in [-0.3, -0.25) is 9.59 Å². The van der Waals surface area contributed by atoms with Gasteiger partial charge in [-0.25, -0.2) is 0 Å². The third-order valence-corrected chi connectivity index (χ3v) is 15.1. The number of esters is 1. The van der Waals surface area contributed by atoms with Gasteiger partial charge in [0.25, 0.3) is 0 Å². The van der Waals surface area contributed by atoms with Gasteiger partial charge in [0.15, 0.2) is 0 Å². The zero-order valence-electron chi connectivity index (χ0n) is 49.1. The van der Waals surface area contributed by atoms with Gasteiger partial charge in [-0.05, 0) is 83.5 Å².